The molecule has 1 saturated carbocycles. The van der Waals surface area contributed by atoms with Crippen molar-refractivity contribution in [3.63, 3.8) is 0 Å². The molecule has 0 heterocycles. The zero-order valence-electron chi connectivity index (χ0n) is 10.6. The van der Waals surface area contributed by atoms with Gasteiger partial charge in [0, 0.05) is 12.1 Å². The number of non-ortho nitro benzene ring substituents is 1. The summed E-state index contributed by atoms with van der Waals surface area (Å²) in [6.07, 6.45) is 4.64. The van der Waals surface area contributed by atoms with Gasteiger partial charge in [-0.15, -0.1) is 0 Å². The van der Waals surface area contributed by atoms with Crippen LogP contribution in [0.1, 0.15) is 42.5 Å². The number of nitrogens with zero attached hydrogens (tertiary/aromatic N) is 1. The van der Waals surface area contributed by atoms with Gasteiger partial charge in [0.2, 0.25) is 0 Å². The SMILES string of the molecule is O=C(OC1CCCCC1)c1cc([N+](=O)[O-])cc(Cl)c1Cl. The lowest BCUT2D eigenvalue weighted by Crippen LogP contribution is -2.21. The highest BCUT2D eigenvalue weighted by molar-refractivity contribution is 6.43. The smallest absolute Gasteiger partial charge is 0.340 e. The van der Waals surface area contributed by atoms with Crippen LogP contribution in [0.25, 0.3) is 0 Å². The molecular formula is C13H13Cl2NO4. The molecule has 0 radical (unpaired) electrons. The molecule has 1 aliphatic carbocycles. The Bertz CT molecular complexity index is 541. The van der Waals surface area contributed by atoms with E-state index in [0.29, 0.717) is 0 Å². The lowest BCUT2D eigenvalue weighted by Gasteiger charge is -2.22. The van der Waals surface area contributed by atoms with Crippen molar-refractivity contribution in [3.05, 3.63) is 37.9 Å². The molecule has 1 aromatic carbocycles. The summed E-state index contributed by atoms with van der Waals surface area (Å²) in [6, 6.07) is 2.21. The molecule has 0 saturated heterocycles. The van der Waals surface area contributed by atoms with E-state index in [9.17, 15) is 14.9 Å². The molecule has 1 aliphatic rings. The third-order valence-corrected chi connectivity index (χ3v) is 4.07. The Balaban J connectivity index is 2.21. The van der Waals surface area contributed by atoms with Gasteiger partial charge in [0.05, 0.1) is 20.5 Å². The van der Waals surface area contributed by atoms with Crippen LogP contribution in [-0.4, -0.2) is 17.0 Å². The van der Waals surface area contributed by atoms with E-state index in [2.05, 4.69) is 0 Å². The van der Waals surface area contributed by atoms with Crippen molar-refractivity contribution < 1.29 is 14.5 Å². The van der Waals surface area contributed by atoms with Gasteiger partial charge in [-0.2, -0.15) is 0 Å². The van der Waals surface area contributed by atoms with Gasteiger partial charge in [-0.25, -0.2) is 4.79 Å². The summed E-state index contributed by atoms with van der Waals surface area (Å²) in [6.45, 7) is 0. The largest absolute Gasteiger partial charge is 0.459 e. The van der Waals surface area contributed by atoms with Crippen LogP contribution in [0.3, 0.4) is 0 Å². The van der Waals surface area contributed by atoms with Gasteiger partial charge in [-0.3, -0.25) is 10.1 Å². The van der Waals surface area contributed by atoms with Gasteiger partial charge in [0.15, 0.2) is 0 Å². The van der Waals surface area contributed by atoms with E-state index >= 15 is 0 Å². The fourth-order valence-electron chi connectivity index (χ4n) is 2.23. The molecule has 7 heteroatoms. The fourth-order valence-corrected chi connectivity index (χ4v) is 2.63. The van der Waals surface area contributed by atoms with Crippen LogP contribution >= 0.6 is 23.2 Å². The molecule has 0 N–H and O–H groups in total. The maximum atomic E-state index is 12.1. The first-order valence-electron chi connectivity index (χ1n) is 6.33. The Morgan fingerprint density at radius 1 is 1.25 bits per heavy atom. The van der Waals surface area contributed by atoms with Crippen LogP contribution in [0.2, 0.25) is 10.0 Å². The summed E-state index contributed by atoms with van der Waals surface area (Å²) in [5, 5.41) is 10.7. The number of esters is 1. The Morgan fingerprint density at radius 3 is 2.50 bits per heavy atom. The summed E-state index contributed by atoms with van der Waals surface area (Å²) < 4.78 is 5.34. The minimum Gasteiger partial charge on any atom is -0.459 e. The van der Waals surface area contributed by atoms with Gasteiger partial charge in [0.25, 0.3) is 5.69 Å². The molecule has 5 nitrogen and oxygen atoms in total. The van der Waals surface area contributed by atoms with Crippen LogP contribution in [0.15, 0.2) is 12.1 Å². The fraction of sp³-hybridized carbons (Fsp3) is 0.462. The topological polar surface area (TPSA) is 69.4 Å². The third kappa shape index (κ3) is 3.41. The van der Waals surface area contributed by atoms with E-state index in [1.165, 1.54) is 0 Å². The summed E-state index contributed by atoms with van der Waals surface area (Å²) in [5.74, 6) is -0.660. The number of carbonyl (C=O) groups is 1. The number of nitro groups is 1. The van der Waals surface area contributed by atoms with E-state index in [1.54, 1.807) is 0 Å². The molecule has 0 atom stereocenters. The quantitative estimate of drug-likeness (QED) is 0.471. The second-order valence-corrected chi connectivity index (χ2v) is 5.50. The zero-order valence-corrected chi connectivity index (χ0v) is 12.1. The number of nitro benzene ring substituents is 1. The number of hydrogen-bond acceptors (Lipinski definition) is 4. The minimum absolute atomic E-state index is 0.0157. The highest BCUT2D eigenvalue weighted by Gasteiger charge is 2.24. The molecule has 0 amide bonds. The van der Waals surface area contributed by atoms with Crippen molar-refractivity contribution in [2.45, 2.75) is 38.2 Å². The van der Waals surface area contributed by atoms with Gasteiger partial charge < -0.3 is 4.74 Å². The van der Waals surface area contributed by atoms with Crippen LogP contribution in [0.5, 0.6) is 0 Å². The molecule has 0 aliphatic heterocycles. The predicted octanol–water partition coefficient (Wildman–Crippen LogP) is 4.39. The average molecular weight is 318 g/mol. The third-order valence-electron chi connectivity index (χ3n) is 3.27. The van der Waals surface area contributed by atoms with Crippen molar-refractivity contribution >= 4 is 34.9 Å². The second-order valence-electron chi connectivity index (χ2n) is 4.71. The molecule has 20 heavy (non-hydrogen) atoms. The first kappa shape index (κ1) is 15.1. The van der Waals surface area contributed by atoms with Crippen LogP contribution in [0.4, 0.5) is 5.69 Å². The van der Waals surface area contributed by atoms with Crippen molar-refractivity contribution in [1.29, 1.82) is 0 Å². The first-order valence-corrected chi connectivity index (χ1v) is 7.09. The van der Waals surface area contributed by atoms with Crippen LogP contribution in [0, 0.1) is 10.1 Å². The monoisotopic (exact) mass is 317 g/mol. The summed E-state index contributed by atoms with van der Waals surface area (Å²) in [4.78, 5) is 22.2. The summed E-state index contributed by atoms with van der Waals surface area (Å²) in [5.41, 5.74) is -0.341. The predicted molar refractivity (Wildman–Crippen MR) is 75.4 cm³/mol. The van der Waals surface area contributed by atoms with Crippen LogP contribution < -0.4 is 0 Å². The Kier molecular flexibility index (Phi) is 4.83. The van der Waals surface area contributed by atoms with Crippen molar-refractivity contribution in [3.8, 4) is 0 Å². The zero-order chi connectivity index (χ0) is 14.7. The molecule has 108 valence electrons. The second kappa shape index (κ2) is 6.41. The Hall–Kier alpha value is -1.33. The number of carbonyl (C=O) groups excluding carboxylic acids is 1. The van der Waals surface area contributed by atoms with E-state index in [4.69, 9.17) is 27.9 Å². The van der Waals surface area contributed by atoms with Crippen molar-refractivity contribution in [2.24, 2.45) is 0 Å². The number of halogens is 2. The molecule has 0 unspecified atom stereocenters. The molecule has 0 aromatic heterocycles. The highest BCUT2D eigenvalue weighted by atomic mass is 35.5. The summed E-state index contributed by atoms with van der Waals surface area (Å²) in [7, 11) is 0. The van der Waals surface area contributed by atoms with Gasteiger partial charge in [0.1, 0.15) is 6.10 Å². The van der Waals surface area contributed by atoms with Crippen molar-refractivity contribution in [2.75, 3.05) is 0 Å². The van der Waals surface area contributed by atoms with E-state index in [0.717, 1.165) is 44.2 Å². The first-order chi connectivity index (χ1) is 9.49. The molecule has 1 fully saturated rings. The Labute approximate surface area is 126 Å². The van der Waals surface area contributed by atoms with E-state index in [-0.39, 0.29) is 27.4 Å². The molecule has 0 bridgehead atoms. The summed E-state index contributed by atoms with van der Waals surface area (Å²) >= 11 is 11.7. The molecule has 1 aromatic rings. The number of rotatable bonds is 3. The number of hydrogen-bond donors (Lipinski definition) is 0. The standard InChI is InChI=1S/C13H13Cl2NO4/c14-11-7-8(16(18)19)6-10(12(11)15)13(17)20-9-4-2-1-3-5-9/h6-7,9H,1-5H2. The highest BCUT2D eigenvalue weighted by Crippen LogP contribution is 2.32. The average Bonchev–Trinajstić information content (AvgIpc) is 2.42. The van der Waals surface area contributed by atoms with E-state index < -0.39 is 10.9 Å². The maximum absolute atomic E-state index is 12.1. The van der Waals surface area contributed by atoms with Gasteiger partial charge in [-0.05, 0) is 25.7 Å². The van der Waals surface area contributed by atoms with E-state index in [1.807, 2.05) is 0 Å². The lowest BCUT2D eigenvalue weighted by atomic mass is 9.98. The molecule has 0 spiro atoms. The number of benzene rings is 1. The van der Waals surface area contributed by atoms with Gasteiger partial charge >= 0.3 is 5.97 Å². The molecular weight excluding hydrogens is 305 g/mol. The maximum Gasteiger partial charge on any atom is 0.340 e. The minimum atomic E-state index is -0.660. The Morgan fingerprint density at radius 2 is 1.90 bits per heavy atom. The van der Waals surface area contributed by atoms with Crippen LogP contribution in [-0.2, 0) is 4.74 Å². The normalized spacial score (nSPS) is 15.9. The lowest BCUT2D eigenvalue weighted by molar-refractivity contribution is -0.384. The van der Waals surface area contributed by atoms with Crippen molar-refractivity contribution in [1.82, 2.24) is 0 Å². The van der Waals surface area contributed by atoms with Gasteiger partial charge in [-0.1, -0.05) is 29.6 Å². The number of ether oxygens (including phenoxy) is 1. The molecule has 2 rings (SSSR count).